The van der Waals surface area contributed by atoms with Gasteiger partial charge in [0.05, 0.1) is 11.3 Å². The first kappa shape index (κ1) is 20.1. The largest absolute Gasteiger partial charge is 0.398 e. The van der Waals surface area contributed by atoms with E-state index >= 15 is 0 Å². The van der Waals surface area contributed by atoms with Crippen LogP contribution < -0.4 is 5.73 Å². The molecule has 1 unspecified atom stereocenters. The van der Waals surface area contributed by atoms with Gasteiger partial charge in [-0.3, -0.25) is 0 Å². The van der Waals surface area contributed by atoms with Crippen LogP contribution in [0.5, 0.6) is 0 Å². The fourth-order valence-electron chi connectivity index (χ4n) is 2.16. The third kappa shape index (κ3) is 4.30. The van der Waals surface area contributed by atoms with Crippen molar-refractivity contribution in [3.05, 3.63) is 60.2 Å². The van der Waals surface area contributed by atoms with Crippen LogP contribution in [-0.2, 0) is 5.60 Å². The molecule has 0 aliphatic heterocycles. The molecule has 0 amide bonds. The standard InChI is InChI=1S/C17H20F4N2O/c1-5-7-10(6-2)15-14(18)11(16(3,4)24)8-13(23-15)12(9-22)17(19,20)21/h5-8,12,24H,1-2,9,22H2,3-4H3/b10-7+. The fourth-order valence-corrected chi connectivity index (χ4v) is 2.16. The van der Waals surface area contributed by atoms with Crippen LogP contribution in [0.1, 0.15) is 36.7 Å². The minimum Gasteiger partial charge on any atom is -0.386 e. The number of allylic oxidation sites excluding steroid dienone is 4. The average Bonchev–Trinajstić information content (AvgIpc) is 2.44. The number of rotatable bonds is 6. The van der Waals surface area contributed by atoms with Crippen molar-refractivity contribution < 1.29 is 22.7 Å². The Bertz CT molecular complexity index is 658. The van der Waals surface area contributed by atoms with E-state index in [9.17, 15) is 22.7 Å². The number of hydrogen-bond donors (Lipinski definition) is 2. The summed E-state index contributed by atoms with van der Waals surface area (Å²) in [6.45, 7) is 8.76. The Morgan fingerprint density at radius 3 is 2.33 bits per heavy atom. The number of alkyl halides is 3. The molecule has 0 saturated carbocycles. The molecule has 132 valence electrons. The van der Waals surface area contributed by atoms with Crippen LogP contribution in [0.25, 0.3) is 5.57 Å². The van der Waals surface area contributed by atoms with Gasteiger partial charge in [-0.05, 0) is 19.9 Å². The van der Waals surface area contributed by atoms with Gasteiger partial charge in [-0.1, -0.05) is 31.4 Å². The highest BCUT2D eigenvalue weighted by atomic mass is 19.4. The fraction of sp³-hybridized carbons (Fsp3) is 0.353. The lowest BCUT2D eigenvalue weighted by Gasteiger charge is -2.24. The molecule has 0 bridgehead atoms. The van der Waals surface area contributed by atoms with Crippen LogP contribution in [-0.4, -0.2) is 22.8 Å². The Morgan fingerprint density at radius 2 is 1.96 bits per heavy atom. The van der Waals surface area contributed by atoms with E-state index in [1.54, 1.807) is 0 Å². The molecule has 3 N–H and O–H groups in total. The topological polar surface area (TPSA) is 59.1 Å². The Hall–Kier alpha value is -1.99. The van der Waals surface area contributed by atoms with Crippen LogP contribution in [0.4, 0.5) is 17.6 Å². The summed E-state index contributed by atoms with van der Waals surface area (Å²) in [6.07, 6.45) is -0.708. The zero-order chi connectivity index (χ0) is 18.7. The number of pyridine rings is 1. The molecule has 1 atom stereocenters. The zero-order valence-electron chi connectivity index (χ0n) is 13.5. The monoisotopic (exact) mass is 344 g/mol. The predicted molar refractivity (Wildman–Crippen MR) is 85.7 cm³/mol. The van der Waals surface area contributed by atoms with Crippen molar-refractivity contribution in [2.45, 2.75) is 31.5 Å². The molecule has 0 aromatic carbocycles. The normalized spacial score (nSPS) is 14.4. The van der Waals surface area contributed by atoms with Gasteiger partial charge in [0.2, 0.25) is 0 Å². The van der Waals surface area contributed by atoms with Gasteiger partial charge < -0.3 is 10.8 Å². The molecular formula is C17H20F4N2O. The maximum atomic E-state index is 14.7. The van der Waals surface area contributed by atoms with Crippen molar-refractivity contribution in [3.63, 3.8) is 0 Å². The first-order valence-electron chi connectivity index (χ1n) is 7.13. The molecule has 1 aromatic rings. The Labute approximate surface area is 138 Å². The lowest BCUT2D eigenvalue weighted by atomic mass is 9.92. The van der Waals surface area contributed by atoms with Gasteiger partial charge in [0.25, 0.3) is 0 Å². The maximum absolute atomic E-state index is 14.7. The summed E-state index contributed by atoms with van der Waals surface area (Å²) in [6, 6.07) is 0.901. The Balaban J connectivity index is 3.78. The second-order valence-corrected chi connectivity index (χ2v) is 5.71. The average molecular weight is 344 g/mol. The van der Waals surface area contributed by atoms with E-state index in [4.69, 9.17) is 5.73 Å². The highest BCUT2D eigenvalue weighted by Crippen LogP contribution is 2.37. The molecule has 0 spiro atoms. The van der Waals surface area contributed by atoms with Gasteiger partial charge in [0.1, 0.15) is 11.6 Å². The summed E-state index contributed by atoms with van der Waals surface area (Å²) in [5.41, 5.74) is 2.57. The second kappa shape index (κ2) is 7.27. The predicted octanol–water partition coefficient (Wildman–Crippen LogP) is 3.81. The van der Waals surface area contributed by atoms with E-state index < -0.39 is 35.8 Å². The first-order chi connectivity index (χ1) is 11.0. The van der Waals surface area contributed by atoms with Gasteiger partial charge in [0.15, 0.2) is 5.82 Å². The van der Waals surface area contributed by atoms with E-state index in [1.807, 2.05) is 0 Å². The zero-order valence-corrected chi connectivity index (χ0v) is 13.5. The van der Waals surface area contributed by atoms with Gasteiger partial charge in [-0.2, -0.15) is 13.2 Å². The summed E-state index contributed by atoms with van der Waals surface area (Å²) >= 11 is 0. The summed E-state index contributed by atoms with van der Waals surface area (Å²) in [4.78, 5) is 3.80. The Morgan fingerprint density at radius 1 is 1.38 bits per heavy atom. The Kier molecular flexibility index (Phi) is 6.08. The molecule has 0 saturated heterocycles. The molecule has 0 aliphatic carbocycles. The molecule has 0 aliphatic rings. The van der Waals surface area contributed by atoms with Crippen LogP contribution >= 0.6 is 0 Å². The molecule has 0 fully saturated rings. The van der Waals surface area contributed by atoms with E-state index in [0.717, 1.165) is 6.07 Å². The van der Waals surface area contributed by atoms with Crippen LogP contribution in [0.2, 0.25) is 0 Å². The third-order valence-electron chi connectivity index (χ3n) is 3.42. The molecular weight excluding hydrogens is 324 g/mol. The molecule has 1 rings (SSSR count). The van der Waals surface area contributed by atoms with Gasteiger partial charge in [-0.15, -0.1) is 0 Å². The molecule has 1 heterocycles. The quantitative estimate of drug-likeness (QED) is 0.609. The minimum absolute atomic E-state index is 0.146. The number of nitrogens with two attached hydrogens (primary N) is 1. The van der Waals surface area contributed by atoms with Crippen molar-refractivity contribution in [3.8, 4) is 0 Å². The number of aliphatic hydroxyl groups is 1. The van der Waals surface area contributed by atoms with Crippen molar-refractivity contribution in [1.29, 1.82) is 0 Å². The summed E-state index contributed by atoms with van der Waals surface area (Å²) < 4.78 is 54.2. The maximum Gasteiger partial charge on any atom is 0.398 e. The highest BCUT2D eigenvalue weighted by molar-refractivity contribution is 5.73. The SMILES string of the molecule is C=C/C=C(\C=C)c1nc(C(CN)C(F)(F)F)cc(C(C)(C)O)c1F. The van der Waals surface area contributed by atoms with E-state index in [0.29, 0.717) is 0 Å². The molecule has 3 nitrogen and oxygen atoms in total. The number of hydrogen-bond acceptors (Lipinski definition) is 3. The number of aromatic nitrogens is 1. The highest BCUT2D eigenvalue weighted by Gasteiger charge is 2.42. The number of halogens is 4. The summed E-state index contributed by atoms with van der Waals surface area (Å²) in [5.74, 6) is -3.00. The second-order valence-electron chi connectivity index (χ2n) is 5.71. The van der Waals surface area contributed by atoms with Crippen molar-refractivity contribution in [2.75, 3.05) is 6.54 Å². The van der Waals surface area contributed by atoms with Gasteiger partial charge >= 0.3 is 6.18 Å². The van der Waals surface area contributed by atoms with Gasteiger partial charge in [-0.25, -0.2) is 9.37 Å². The van der Waals surface area contributed by atoms with Crippen LogP contribution in [0.3, 0.4) is 0 Å². The van der Waals surface area contributed by atoms with Gasteiger partial charge in [0, 0.05) is 17.7 Å². The van der Waals surface area contributed by atoms with E-state index in [-0.39, 0.29) is 16.8 Å². The van der Waals surface area contributed by atoms with Crippen molar-refractivity contribution >= 4 is 5.57 Å². The molecule has 1 aromatic heterocycles. The first-order valence-corrected chi connectivity index (χ1v) is 7.13. The van der Waals surface area contributed by atoms with Crippen LogP contribution in [0.15, 0.2) is 37.5 Å². The summed E-state index contributed by atoms with van der Waals surface area (Å²) in [5, 5.41) is 10.1. The third-order valence-corrected chi connectivity index (χ3v) is 3.42. The molecule has 24 heavy (non-hydrogen) atoms. The van der Waals surface area contributed by atoms with Crippen molar-refractivity contribution in [1.82, 2.24) is 4.98 Å². The van der Waals surface area contributed by atoms with Crippen molar-refractivity contribution in [2.24, 2.45) is 5.73 Å². The van der Waals surface area contributed by atoms with Crippen LogP contribution in [0, 0.1) is 5.82 Å². The minimum atomic E-state index is -4.65. The van der Waals surface area contributed by atoms with E-state index in [1.165, 1.54) is 32.1 Å². The van der Waals surface area contributed by atoms with E-state index in [2.05, 4.69) is 18.1 Å². The molecule has 7 heteroatoms. The number of nitrogens with zero attached hydrogens (tertiary/aromatic N) is 1. The smallest absolute Gasteiger partial charge is 0.386 e. The lowest BCUT2D eigenvalue weighted by molar-refractivity contribution is -0.149. The summed E-state index contributed by atoms with van der Waals surface area (Å²) in [7, 11) is 0. The molecule has 0 radical (unpaired) electrons. The lowest BCUT2D eigenvalue weighted by Crippen LogP contribution is -2.30.